The molecule has 6 heteroatoms. The third kappa shape index (κ3) is 4.87. The minimum absolute atomic E-state index is 0.00835. The number of ether oxygens (including phenoxy) is 1. The van der Waals surface area contributed by atoms with Crippen LogP contribution in [0.4, 0.5) is 5.69 Å². The molecular weight excluding hydrogens is 344 g/mol. The highest BCUT2D eigenvalue weighted by molar-refractivity contribution is 5.88. The molecule has 0 unspecified atom stereocenters. The van der Waals surface area contributed by atoms with Gasteiger partial charge >= 0.3 is 5.97 Å². The third-order valence-corrected chi connectivity index (χ3v) is 5.67. The Morgan fingerprint density at radius 3 is 2.33 bits per heavy atom. The van der Waals surface area contributed by atoms with Gasteiger partial charge in [0.25, 0.3) is 5.91 Å². The van der Waals surface area contributed by atoms with Crippen LogP contribution >= 0.6 is 0 Å². The fraction of sp³-hybridized carbons (Fsp3) is 0.571. The minimum Gasteiger partial charge on any atom is -0.455 e. The number of nitrogens with one attached hydrogen (secondary N) is 1. The number of hydrogen-bond donors (Lipinski definition) is 1. The van der Waals surface area contributed by atoms with Crippen molar-refractivity contribution < 1.29 is 19.1 Å². The number of amides is 1. The zero-order chi connectivity index (χ0) is 19.4. The van der Waals surface area contributed by atoms with Gasteiger partial charge in [-0.3, -0.25) is 14.4 Å². The lowest BCUT2D eigenvalue weighted by atomic mass is 9.67. The molecule has 1 N–H and O–H groups in total. The van der Waals surface area contributed by atoms with Crippen molar-refractivity contribution in [2.24, 2.45) is 17.8 Å². The minimum atomic E-state index is -0.343. The molecule has 2 saturated carbocycles. The zero-order valence-corrected chi connectivity index (χ0v) is 16.1. The van der Waals surface area contributed by atoms with Gasteiger partial charge in [-0.25, -0.2) is 0 Å². The van der Waals surface area contributed by atoms with Crippen molar-refractivity contribution >= 4 is 23.3 Å². The Hall–Kier alpha value is -2.37. The summed E-state index contributed by atoms with van der Waals surface area (Å²) >= 11 is 0. The van der Waals surface area contributed by atoms with Gasteiger partial charge in [0.05, 0.1) is 5.92 Å². The second-order valence-electron chi connectivity index (χ2n) is 7.84. The molecule has 146 valence electrons. The molecule has 2 fully saturated rings. The summed E-state index contributed by atoms with van der Waals surface area (Å²) in [5, 5.41) is 2.77. The number of rotatable bonds is 6. The molecule has 0 spiro atoms. The number of anilines is 1. The number of Topliss-reactive ketones (excluding diaryl/α,β-unsaturated/α-hetero) is 1. The van der Waals surface area contributed by atoms with E-state index in [1.165, 1.54) is 0 Å². The highest BCUT2D eigenvalue weighted by Gasteiger charge is 2.41. The van der Waals surface area contributed by atoms with Crippen molar-refractivity contribution in [3.05, 3.63) is 29.8 Å². The number of esters is 1. The van der Waals surface area contributed by atoms with Crippen molar-refractivity contribution in [2.45, 2.75) is 38.6 Å². The van der Waals surface area contributed by atoms with Crippen molar-refractivity contribution in [3.63, 3.8) is 0 Å². The molecule has 0 saturated heterocycles. The van der Waals surface area contributed by atoms with Crippen molar-refractivity contribution in [2.75, 3.05) is 25.6 Å². The first-order valence-corrected chi connectivity index (χ1v) is 9.67. The quantitative estimate of drug-likeness (QED) is 0.776. The van der Waals surface area contributed by atoms with Crippen molar-refractivity contribution in [3.8, 4) is 0 Å². The third-order valence-electron chi connectivity index (χ3n) is 5.67. The van der Waals surface area contributed by atoms with E-state index in [0.29, 0.717) is 25.2 Å². The van der Waals surface area contributed by atoms with E-state index in [0.717, 1.165) is 30.5 Å². The van der Waals surface area contributed by atoms with Gasteiger partial charge in [-0.15, -0.1) is 0 Å². The monoisotopic (exact) mass is 372 g/mol. The van der Waals surface area contributed by atoms with E-state index >= 15 is 0 Å². The Balaban J connectivity index is 1.41. The molecule has 1 aromatic rings. The Labute approximate surface area is 160 Å². The molecule has 1 aromatic carbocycles. The molecule has 0 heterocycles. The van der Waals surface area contributed by atoms with Gasteiger partial charge in [-0.1, -0.05) is 18.6 Å². The molecule has 0 aromatic heterocycles. The van der Waals surface area contributed by atoms with E-state index in [2.05, 4.69) is 5.32 Å². The lowest BCUT2D eigenvalue weighted by molar-refractivity contribution is -0.156. The van der Waals surface area contributed by atoms with Gasteiger partial charge in [0.15, 0.2) is 6.61 Å². The summed E-state index contributed by atoms with van der Waals surface area (Å²) in [6.07, 6.45) is 3.99. The SMILES string of the molecule is CN(C)c1ccc(CNC(=O)COC(=O)C2C[C@H]3CCC[C@H](C2)C3=O)cc1. The molecule has 3 rings (SSSR count). The molecule has 0 aliphatic heterocycles. The summed E-state index contributed by atoms with van der Waals surface area (Å²) in [7, 11) is 3.95. The lowest BCUT2D eigenvalue weighted by Gasteiger charge is -2.36. The largest absolute Gasteiger partial charge is 0.455 e. The molecule has 2 bridgehead atoms. The summed E-state index contributed by atoms with van der Waals surface area (Å²) in [5.41, 5.74) is 2.08. The summed E-state index contributed by atoms with van der Waals surface area (Å²) in [4.78, 5) is 38.4. The first kappa shape index (κ1) is 19.4. The Morgan fingerprint density at radius 1 is 1.11 bits per heavy atom. The van der Waals surface area contributed by atoms with E-state index in [1.807, 2.05) is 43.3 Å². The second-order valence-corrected chi connectivity index (χ2v) is 7.84. The lowest BCUT2D eigenvalue weighted by Crippen LogP contribution is -2.40. The van der Waals surface area contributed by atoms with Crippen LogP contribution in [0.1, 0.15) is 37.7 Å². The normalized spacial score (nSPS) is 24.2. The van der Waals surface area contributed by atoms with Crippen LogP contribution in [0.2, 0.25) is 0 Å². The van der Waals surface area contributed by atoms with Crippen LogP contribution in [0.3, 0.4) is 0 Å². The maximum absolute atomic E-state index is 12.3. The first-order valence-electron chi connectivity index (χ1n) is 9.67. The predicted octanol–water partition coefficient (Wildman–Crippen LogP) is 2.31. The Bertz CT molecular complexity index is 683. The Kier molecular flexibility index (Phi) is 6.14. The molecular formula is C21H28N2O4. The van der Waals surface area contributed by atoms with Crippen LogP contribution in [-0.2, 0) is 25.7 Å². The maximum atomic E-state index is 12.3. The molecule has 2 aliphatic carbocycles. The Morgan fingerprint density at radius 2 is 1.74 bits per heavy atom. The van der Waals surface area contributed by atoms with Crippen LogP contribution in [0.25, 0.3) is 0 Å². The van der Waals surface area contributed by atoms with Crippen LogP contribution in [-0.4, -0.2) is 38.4 Å². The van der Waals surface area contributed by atoms with Gasteiger partial charge < -0.3 is 15.0 Å². The summed E-state index contributed by atoms with van der Waals surface area (Å²) in [5.74, 6) is -0.562. The van der Waals surface area contributed by atoms with Crippen LogP contribution in [0.5, 0.6) is 0 Å². The topological polar surface area (TPSA) is 75.7 Å². The van der Waals surface area contributed by atoms with Gasteiger partial charge in [-0.2, -0.15) is 0 Å². The zero-order valence-electron chi connectivity index (χ0n) is 16.1. The summed E-state index contributed by atoms with van der Waals surface area (Å²) in [6.45, 7) is 0.126. The van der Waals surface area contributed by atoms with Crippen molar-refractivity contribution in [1.29, 1.82) is 0 Å². The number of carbonyl (C=O) groups excluding carboxylic acids is 3. The standard InChI is InChI=1S/C21H28N2O4/c1-23(2)18-8-6-14(7-9-18)12-22-19(24)13-27-21(26)17-10-15-4-3-5-16(11-17)20(15)25/h6-9,15-17H,3-5,10-13H2,1-2H3,(H,22,24)/t15-,16-/m1/s1. The van der Waals surface area contributed by atoms with E-state index in [9.17, 15) is 14.4 Å². The van der Waals surface area contributed by atoms with E-state index in [4.69, 9.17) is 4.74 Å². The predicted molar refractivity (Wildman–Crippen MR) is 102 cm³/mol. The number of ketones is 1. The molecule has 27 heavy (non-hydrogen) atoms. The van der Waals surface area contributed by atoms with Crippen LogP contribution in [0.15, 0.2) is 24.3 Å². The summed E-state index contributed by atoms with van der Waals surface area (Å²) < 4.78 is 5.21. The average Bonchev–Trinajstić information content (AvgIpc) is 2.64. The van der Waals surface area contributed by atoms with Crippen LogP contribution in [0, 0.1) is 17.8 Å². The van der Waals surface area contributed by atoms with Gasteiger partial charge in [-0.05, 0) is 43.4 Å². The molecule has 2 atom stereocenters. The van der Waals surface area contributed by atoms with Crippen LogP contribution < -0.4 is 10.2 Å². The fourth-order valence-electron chi connectivity index (χ4n) is 4.09. The molecule has 2 aliphatic rings. The number of nitrogens with zero attached hydrogens (tertiary/aromatic N) is 1. The molecule has 6 nitrogen and oxygen atoms in total. The van der Waals surface area contributed by atoms with E-state index in [1.54, 1.807) is 0 Å². The fourth-order valence-corrected chi connectivity index (χ4v) is 4.09. The summed E-state index contributed by atoms with van der Waals surface area (Å²) in [6, 6.07) is 7.89. The smallest absolute Gasteiger partial charge is 0.309 e. The number of fused-ring (bicyclic) bond motifs is 2. The highest BCUT2D eigenvalue weighted by Crippen LogP contribution is 2.40. The highest BCUT2D eigenvalue weighted by atomic mass is 16.5. The second kappa shape index (κ2) is 8.55. The van der Waals surface area contributed by atoms with E-state index < -0.39 is 0 Å². The first-order chi connectivity index (χ1) is 12.9. The van der Waals surface area contributed by atoms with Crippen molar-refractivity contribution in [1.82, 2.24) is 5.32 Å². The van der Waals surface area contributed by atoms with Gasteiger partial charge in [0, 0.05) is 38.2 Å². The maximum Gasteiger partial charge on any atom is 0.309 e. The number of benzene rings is 1. The average molecular weight is 372 g/mol. The molecule has 1 amide bonds. The van der Waals surface area contributed by atoms with E-state index in [-0.39, 0.29) is 36.2 Å². The molecule has 0 radical (unpaired) electrons. The number of hydrogen-bond acceptors (Lipinski definition) is 5. The number of carbonyl (C=O) groups is 3. The van der Waals surface area contributed by atoms with Gasteiger partial charge in [0.1, 0.15) is 5.78 Å². The van der Waals surface area contributed by atoms with Gasteiger partial charge in [0.2, 0.25) is 0 Å².